The van der Waals surface area contributed by atoms with Crippen LogP contribution in [0.1, 0.15) is 30.5 Å². The van der Waals surface area contributed by atoms with E-state index in [1.165, 1.54) is 11.3 Å². The van der Waals surface area contributed by atoms with E-state index in [-0.39, 0.29) is 0 Å². The smallest absolute Gasteiger partial charge is 0.195 e. The first-order chi connectivity index (χ1) is 10.2. The highest BCUT2D eigenvalue weighted by molar-refractivity contribution is 7.15. The normalized spacial score (nSPS) is 11.1. The van der Waals surface area contributed by atoms with Crippen molar-refractivity contribution in [3.63, 3.8) is 0 Å². The molecule has 0 bridgehead atoms. The molecule has 0 saturated carbocycles. The minimum atomic E-state index is 0.568. The standard InChI is InChI=1S/C15H16ClN3OS/c1-2-3-4-14-19-12-6-5-10(7-13(12)20-14)17-8-11-9-18-15(16)21-11/h5-7,9,17H,2-4,8H2,1H3. The molecule has 110 valence electrons. The summed E-state index contributed by atoms with van der Waals surface area (Å²) in [5, 5.41) is 3.34. The number of benzene rings is 1. The Kier molecular flexibility index (Phi) is 4.41. The van der Waals surface area contributed by atoms with E-state index in [0.29, 0.717) is 11.0 Å². The number of aromatic nitrogens is 2. The Morgan fingerprint density at radius 2 is 2.29 bits per heavy atom. The molecule has 2 heterocycles. The fourth-order valence-corrected chi connectivity index (χ4v) is 2.99. The van der Waals surface area contributed by atoms with Crippen LogP contribution in [0.3, 0.4) is 0 Å². The molecule has 0 unspecified atom stereocenters. The highest BCUT2D eigenvalue weighted by atomic mass is 35.5. The molecule has 1 N–H and O–H groups in total. The van der Waals surface area contributed by atoms with Gasteiger partial charge in [-0.15, -0.1) is 11.3 Å². The second kappa shape index (κ2) is 6.45. The van der Waals surface area contributed by atoms with Gasteiger partial charge in [0.2, 0.25) is 0 Å². The van der Waals surface area contributed by atoms with E-state index in [4.69, 9.17) is 16.0 Å². The van der Waals surface area contributed by atoms with Crippen LogP contribution in [0.5, 0.6) is 0 Å². The lowest BCUT2D eigenvalue weighted by atomic mass is 10.2. The van der Waals surface area contributed by atoms with Gasteiger partial charge in [0.05, 0.1) is 6.54 Å². The highest BCUT2D eigenvalue weighted by Crippen LogP contribution is 2.23. The van der Waals surface area contributed by atoms with Gasteiger partial charge >= 0.3 is 0 Å². The maximum absolute atomic E-state index is 5.82. The molecule has 0 aliphatic heterocycles. The van der Waals surface area contributed by atoms with E-state index in [0.717, 1.165) is 46.8 Å². The lowest BCUT2D eigenvalue weighted by Gasteiger charge is -2.03. The molecule has 0 aliphatic rings. The monoisotopic (exact) mass is 321 g/mol. The van der Waals surface area contributed by atoms with Crippen LogP contribution in [-0.4, -0.2) is 9.97 Å². The number of nitrogens with one attached hydrogen (secondary N) is 1. The summed E-state index contributed by atoms with van der Waals surface area (Å²) >= 11 is 7.30. The summed E-state index contributed by atoms with van der Waals surface area (Å²) in [6, 6.07) is 5.98. The molecule has 4 nitrogen and oxygen atoms in total. The number of hydrogen-bond acceptors (Lipinski definition) is 5. The average Bonchev–Trinajstić information content (AvgIpc) is 3.08. The van der Waals surface area contributed by atoms with Crippen molar-refractivity contribution < 1.29 is 4.42 Å². The van der Waals surface area contributed by atoms with E-state index in [1.54, 1.807) is 6.20 Å². The van der Waals surface area contributed by atoms with Crippen molar-refractivity contribution in [1.29, 1.82) is 0 Å². The summed E-state index contributed by atoms with van der Waals surface area (Å²) in [5.74, 6) is 0.818. The maximum atomic E-state index is 5.82. The SMILES string of the molecule is CCCCc1nc2ccc(NCc3cnc(Cl)s3)cc2o1. The van der Waals surface area contributed by atoms with Crippen molar-refractivity contribution in [1.82, 2.24) is 9.97 Å². The summed E-state index contributed by atoms with van der Waals surface area (Å²) in [6.07, 6.45) is 4.93. The second-order valence-electron chi connectivity index (χ2n) is 4.83. The minimum Gasteiger partial charge on any atom is -0.441 e. The third-order valence-electron chi connectivity index (χ3n) is 3.17. The van der Waals surface area contributed by atoms with Gasteiger partial charge in [-0.1, -0.05) is 24.9 Å². The summed E-state index contributed by atoms with van der Waals surface area (Å²) in [7, 11) is 0. The van der Waals surface area contributed by atoms with Gasteiger partial charge in [0.15, 0.2) is 15.9 Å². The summed E-state index contributed by atoms with van der Waals surface area (Å²) in [5.41, 5.74) is 2.74. The first kappa shape index (κ1) is 14.4. The number of rotatable bonds is 6. The molecular weight excluding hydrogens is 306 g/mol. The second-order valence-corrected chi connectivity index (χ2v) is 6.52. The van der Waals surface area contributed by atoms with Crippen molar-refractivity contribution in [3.05, 3.63) is 39.6 Å². The lowest BCUT2D eigenvalue weighted by Crippen LogP contribution is -1.96. The first-order valence-corrected chi connectivity index (χ1v) is 8.17. The van der Waals surface area contributed by atoms with Gasteiger partial charge in [-0.3, -0.25) is 0 Å². The Morgan fingerprint density at radius 1 is 1.38 bits per heavy atom. The topological polar surface area (TPSA) is 51.0 Å². The molecule has 0 radical (unpaired) electrons. The van der Waals surface area contributed by atoms with Gasteiger partial charge in [0.1, 0.15) is 5.52 Å². The molecule has 0 spiro atoms. The predicted molar refractivity (Wildman–Crippen MR) is 87.1 cm³/mol. The Labute approximate surface area is 132 Å². The highest BCUT2D eigenvalue weighted by Gasteiger charge is 2.06. The molecule has 6 heteroatoms. The van der Waals surface area contributed by atoms with Gasteiger partial charge in [-0.2, -0.15) is 0 Å². The third-order valence-corrected chi connectivity index (χ3v) is 4.28. The third kappa shape index (κ3) is 3.54. The number of halogens is 1. The molecule has 1 aromatic carbocycles. The maximum Gasteiger partial charge on any atom is 0.195 e. The number of aryl methyl sites for hydroxylation is 1. The molecule has 3 aromatic rings. The number of fused-ring (bicyclic) bond motifs is 1. The van der Waals surface area contributed by atoms with Crippen LogP contribution in [0.25, 0.3) is 11.1 Å². The Morgan fingerprint density at radius 3 is 3.05 bits per heavy atom. The Hall–Kier alpha value is -1.59. The van der Waals surface area contributed by atoms with Gasteiger partial charge in [0, 0.05) is 29.2 Å². The molecule has 21 heavy (non-hydrogen) atoms. The van der Waals surface area contributed by atoms with Crippen LogP contribution in [0.2, 0.25) is 4.47 Å². The minimum absolute atomic E-state index is 0.568. The summed E-state index contributed by atoms with van der Waals surface area (Å²) in [4.78, 5) is 9.62. The van der Waals surface area contributed by atoms with E-state index in [2.05, 4.69) is 22.2 Å². The fraction of sp³-hybridized carbons (Fsp3) is 0.333. The van der Waals surface area contributed by atoms with Crippen molar-refractivity contribution >= 4 is 39.7 Å². The van der Waals surface area contributed by atoms with Crippen molar-refractivity contribution in [2.75, 3.05) is 5.32 Å². The quantitative estimate of drug-likeness (QED) is 0.702. The number of hydrogen-bond donors (Lipinski definition) is 1. The Balaban J connectivity index is 1.71. The number of thiazole rings is 1. The van der Waals surface area contributed by atoms with Gasteiger partial charge in [-0.05, 0) is 18.6 Å². The van der Waals surface area contributed by atoms with E-state index in [1.807, 2.05) is 18.2 Å². The summed E-state index contributed by atoms with van der Waals surface area (Å²) < 4.78 is 6.35. The number of unbranched alkanes of at least 4 members (excludes halogenated alkanes) is 1. The number of anilines is 1. The molecule has 0 aliphatic carbocycles. The largest absolute Gasteiger partial charge is 0.441 e. The zero-order chi connectivity index (χ0) is 14.7. The molecule has 0 fully saturated rings. The molecule has 0 saturated heterocycles. The molecule has 3 rings (SSSR count). The molecule has 0 atom stereocenters. The zero-order valence-corrected chi connectivity index (χ0v) is 13.3. The van der Waals surface area contributed by atoms with Gasteiger partial charge in [0.25, 0.3) is 0 Å². The van der Waals surface area contributed by atoms with Crippen molar-refractivity contribution in [2.45, 2.75) is 32.7 Å². The Bertz CT molecular complexity index is 737. The van der Waals surface area contributed by atoms with E-state index in [9.17, 15) is 0 Å². The van der Waals surface area contributed by atoms with Crippen LogP contribution in [-0.2, 0) is 13.0 Å². The lowest BCUT2D eigenvalue weighted by molar-refractivity contribution is 0.518. The molecule has 0 amide bonds. The molecular formula is C15H16ClN3OS. The van der Waals surface area contributed by atoms with E-state index >= 15 is 0 Å². The number of oxazole rings is 1. The average molecular weight is 322 g/mol. The van der Waals surface area contributed by atoms with Crippen LogP contribution in [0, 0.1) is 0 Å². The van der Waals surface area contributed by atoms with Crippen LogP contribution >= 0.6 is 22.9 Å². The predicted octanol–water partition coefficient (Wildman–Crippen LogP) is 4.89. The van der Waals surface area contributed by atoms with Crippen LogP contribution < -0.4 is 5.32 Å². The van der Waals surface area contributed by atoms with Crippen LogP contribution in [0.4, 0.5) is 5.69 Å². The van der Waals surface area contributed by atoms with Gasteiger partial charge in [-0.25, -0.2) is 9.97 Å². The van der Waals surface area contributed by atoms with E-state index < -0.39 is 0 Å². The summed E-state index contributed by atoms with van der Waals surface area (Å²) in [6.45, 7) is 2.86. The number of nitrogens with zero attached hydrogens (tertiary/aromatic N) is 2. The fourth-order valence-electron chi connectivity index (χ4n) is 2.07. The van der Waals surface area contributed by atoms with Gasteiger partial charge < -0.3 is 9.73 Å². The molecule has 2 aromatic heterocycles. The zero-order valence-electron chi connectivity index (χ0n) is 11.7. The first-order valence-electron chi connectivity index (χ1n) is 6.98. The van der Waals surface area contributed by atoms with Crippen molar-refractivity contribution in [3.8, 4) is 0 Å². The van der Waals surface area contributed by atoms with Crippen molar-refractivity contribution in [2.24, 2.45) is 0 Å². The van der Waals surface area contributed by atoms with Crippen LogP contribution in [0.15, 0.2) is 28.8 Å².